The molecule has 0 atom stereocenters. The fourth-order valence-electron chi connectivity index (χ4n) is 2.18. The van der Waals surface area contributed by atoms with E-state index in [9.17, 15) is 13.2 Å². The number of nitrogens with zero attached hydrogens (tertiary/aromatic N) is 2. The number of halogens is 1. The topological polar surface area (TPSA) is 57.7 Å². The molecule has 0 aromatic heterocycles. The second kappa shape index (κ2) is 5.48. The van der Waals surface area contributed by atoms with Gasteiger partial charge in [0, 0.05) is 31.9 Å². The predicted octanol–water partition coefficient (Wildman–Crippen LogP) is 1.23. The van der Waals surface area contributed by atoms with Crippen LogP contribution in [0.15, 0.2) is 18.2 Å². The van der Waals surface area contributed by atoms with E-state index >= 15 is 0 Å². The zero-order valence-corrected chi connectivity index (χ0v) is 12.1. The minimum Gasteiger partial charge on any atom is -0.368 e. The number of hydrogen-bond donors (Lipinski definition) is 0. The Morgan fingerprint density at radius 1 is 1.21 bits per heavy atom. The summed E-state index contributed by atoms with van der Waals surface area (Å²) in [6.45, 7) is 1.94. The van der Waals surface area contributed by atoms with Crippen molar-refractivity contribution in [1.82, 2.24) is 4.31 Å². The third kappa shape index (κ3) is 3.08. The first kappa shape index (κ1) is 14.3. The summed E-state index contributed by atoms with van der Waals surface area (Å²) in [7, 11) is -3.14. The molecule has 0 saturated carbocycles. The lowest BCUT2D eigenvalue weighted by Crippen LogP contribution is -2.48. The molecule has 1 heterocycles. The Morgan fingerprint density at radius 3 is 2.37 bits per heavy atom. The summed E-state index contributed by atoms with van der Waals surface area (Å²) in [6, 6.07) is 5.28. The third-order valence-corrected chi connectivity index (χ3v) is 4.83. The second-order valence-corrected chi connectivity index (χ2v) is 6.83. The van der Waals surface area contributed by atoms with Crippen molar-refractivity contribution in [2.45, 2.75) is 0 Å². The number of benzene rings is 1. The molecule has 5 nitrogen and oxygen atoms in total. The molecule has 19 heavy (non-hydrogen) atoms. The molecule has 104 valence electrons. The highest BCUT2D eigenvalue weighted by atomic mass is 35.5. The van der Waals surface area contributed by atoms with Crippen LogP contribution in [-0.2, 0) is 10.0 Å². The molecule has 1 saturated heterocycles. The monoisotopic (exact) mass is 302 g/mol. The van der Waals surface area contributed by atoms with Gasteiger partial charge in [-0.3, -0.25) is 4.79 Å². The van der Waals surface area contributed by atoms with E-state index in [0.29, 0.717) is 36.8 Å². The molecular formula is C12H15ClN2O3S. The van der Waals surface area contributed by atoms with Crippen molar-refractivity contribution in [3.8, 4) is 0 Å². The van der Waals surface area contributed by atoms with Crippen molar-refractivity contribution >= 4 is 33.6 Å². The summed E-state index contributed by atoms with van der Waals surface area (Å²) in [4.78, 5) is 13.1. The van der Waals surface area contributed by atoms with Crippen LogP contribution in [0.2, 0.25) is 5.02 Å². The largest absolute Gasteiger partial charge is 0.368 e. The quantitative estimate of drug-likeness (QED) is 0.788. The molecular weight excluding hydrogens is 288 g/mol. The zero-order chi connectivity index (χ0) is 14.0. The molecule has 1 aromatic rings. The Bertz CT molecular complexity index is 581. The maximum atomic E-state index is 11.4. The Kier molecular flexibility index (Phi) is 4.13. The number of anilines is 1. The van der Waals surface area contributed by atoms with E-state index in [4.69, 9.17) is 11.6 Å². The van der Waals surface area contributed by atoms with Crippen LogP contribution in [0.5, 0.6) is 0 Å². The van der Waals surface area contributed by atoms with Crippen LogP contribution >= 0.6 is 11.6 Å². The minimum absolute atomic E-state index is 0.415. The summed E-state index contributed by atoms with van der Waals surface area (Å²) >= 11 is 5.99. The first-order chi connectivity index (χ1) is 8.93. The number of sulfonamides is 1. The molecule has 1 aliphatic rings. The number of aldehydes is 1. The van der Waals surface area contributed by atoms with Crippen molar-refractivity contribution in [3.05, 3.63) is 28.8 Å². The molecule has 0 radical (unpaired) electrons. The van der Waals surface area contributed by atoms with Crippen LogP contribution in [-0.4, -0.2) is 51.4 Å². The molecule has 0 unspecified atom stereocenters. The van der Waals surface area contributed by atoms with Gasteiger partial charge in [0.25, 0.3) is 0 Å². The Morgan fingerprint density at radius 2 is 1.84 bits per heavy atom. The highest BCUT2D eigenvalue weighted by molar-refractivity contribution is 7.88. The van der Waals surface area contributed by atoms with E-state index in [1.807, 2.05) is 11.0 Å². The lowest BCUT2D eigenvalue weighted by Gasteiger charge is -2.35. The Labute approximate surface area is 117 Å². The normalized spacial score (nSPS) is 17.5. The van der Waals surface area contributed by atoms with Crippen LogP contribution in [0.25, 0.3) is 0 Å². The van der Waals surface area contributed by atoms with E-state index < -0.39 is 10.0 Å². The number of piperazine rings is 1. The van der Waals surface area contributed by atoms with E-state index in [0.717, 1.165) is 12.0 Å². The van der Waals surface area contributed by atoms with Crippen molar-refractivity contribution in [2.24, 2.45) is 0 Å². The first-order valence-corrected chi connectivity index (χ1v) is 8.10. The highest BCUT2D eigenvalue weighted by Gasteiger charge is 2.24. The molecule has 1 fully saturated rings. The van der Waals surface area contributed by atoms with Gasteiger partial charge in [0.2, 0.25) is 10.0 Å². The summed E-state index contributed by atoms with van der Waals surface area (Å²) in [5.74, 6) is 0. The Balaban J connectivity index is 2.19. The zero-order valence-electron chi connectivity index (χ0n) is 10.5. The van der Waals surface area contributed by atoms with Gasteiger partial charge in [0.15, 0.2) is 6.29 Å². The van der Waals surface area contributed by atoms with Gasteiger partial charge < -0.3 is 4.90 Å². The average molecular weight is 303 g/mol. The van der Waals surface area contributed by atoms with Gasteiger partial charge in [0.1, 0.15) is 0 Å². The lowest BCUT2D eigenvalue weighted by atomic mass is 10.1. The summed E-state index contributed by atoms with van der Waals surface area (Å²) in [6.07, 6.45) is 1.94. The molecule has 7 heteroatoms. The van der Waals surface area contributed by atoms with Crippen LogP contribution < -0.4 is 4.90 Å². The van der Waals surface area contributed by atoms with Crippen molar-refractivity contribution in [2.75, 3.05) is 37.3 Å². The molecule has 2 rings (SSSR count). The van der Waals surface area contributed by atoms with E-state index in [2.05, 4.69) is 0 Å². The molecule has 0 bridgehead atoms. The molecule has 1 aromatic carbocycles. The predicted molar refractivity (Wildman–Crippen MR) is 75.5 cm³/mol. The second-order valence-electron chi connectivity index (χ2n) is 4.44. The fourth-order valence-corrected chi connectivity index (χ4v) is 3.22. The summed E-state index contributed by atoms with van der Waals surface area (Å²) in [5, 5.41) is 0.415. The average Bonchev–Trinajstić information content (AvgIpc) is 2.37. The van der Waals surface area contributed by atoms with Gasteiger partial charge in [-0.05, 0) is 12.1 Å². The molecule has 1 aliphatic heterocycles. The van der Waals surface area contributed by atoms with Gasteiger partial charge >= 0.3 is 0 Å². The fraction of sp³-hybridized carbons (Fsp3) is 0.417. The summed E-state index contributed by atoms with van der Waals surface area (Å²) in [5.41, 5.74) is 1.22. The van der Waals surface area contributed by atoms with Crippen LogP contribution in [0.3, 0.4) is 0 Å². The number of rotatable bonds is 3. The van der Waals surface area contributed by atoms with E-state index in [1.54, 1.807) is 12.1 Å². The van der Waals surface area contributed by atoms with E-state index in [1.165, 1.54) is 10.6 Å². The Hall–Kier alpha value is -1.11. The SMILES string of the molecule is CS(=O)(=O)N1CCN(c2cccc(Cl)c2C=O)CC1. The third-order valence-electron chi connectivity index (χ3n) is 3.20. The van der Waals surface area contributed by atoms with Gasteiger partial charge in [-0.15, -0.1) is 0 Å². The summed E-state index contributed by atoms with van der Waals surface area (Å²) < 4.78 is 24.3. The molecule has 0 amide bonds. The maximum Gasteiger partial charge on any atom is 0.211 e. The molecule has 0 N–H and O–H groups in total. The maximum absolute atomic E-state index is 11.4. The number of carbonyl (C=O) groups is 1. The molecule has 0 spiro atoms. The van der Waals surface area contributed by atoms with Crippen LogP contribution in [0.1, 0.15) is 10.4 Å². The number of carbonyl (C=O) groups excluding carboxylic acids is 1. The van der Waals surface area contributed by atoms with Gasteiger partial charge in [0.05, 0.1) is 16.8 Å². The van der Waals surface area contributed by atoms with Crippen molar-refractivity contribution < 1.29 is 13.2 Å². The highest BCUT2D eigenvalue weighted by Crippen LogP contribution is 2.27. The number of hydrogen-bond acceptors (Lipinski definition) is 4. The van der Waals surface area contributed by atoms with Crippen molar-refractivity contribution in [3.63, 3.8) is 0 Å². The van der Waals surface area contributed by atoms with Gasteiger partial charge in [-0.1, -0.05) is 17.7 Å². The van der Waals surface area contributed by atoms with Crippen LogP contribution in [0, 0.1) is 0 Å². The standard InChI is InChI=1S/C12H15ClN2O3S/c1-19(17,18)15-7-5-14(6-8-15)12-4-2-3-11(13)10(12)9-16/h2-4,9H,5-8H2,1H3. The minimum atomic E-state index is -3.14. The van der Waals surface area contributed by atoms with Crippen LogP contribution in [0.4, 0.5) is 5.69 Å². The first-order valence-electron chi connectivity index (χ1n) is 5.87. The van der Waals surface area contributed by atoms with E-state index in [-0.39, 0.29) is 0 Å². The van der Waals surface area contributed by atoms with Crippen molar-refractivity contribution in [1.29, 1.82) is 0 Å². The smallest absolute Gasteiger partial charge is 0.211 e. The van der Waals surface area contributed by atoms with Gasteiger partial charge in [-0.25, -0.2) is 8.42 Å². The lowest BCUT2D eigenvalue weighted by molar-refractivity contribution is 0.112. The molecule has 0 aliphatic carbocycles. The van der Waals surface area contributed by atoms with Gasteiger partial charge in [-0.2, -0.15) is 4.31 Å².